The molecule has 1 heterocycles. The monoisotopic (exact) mass is 267 g/mol. The van der Waals surface area contributed by atoms with Gasteiger partial charge in [-0.2, -0.15) is 4.98 Å². The van der Waals surface area contributed by atoms with E-state index in [1.54, 1.807) is 12.3 Å². The first-order valence-electron chi connectivity index (χ1n) is 6.88. The van der Waals surface area contributed by atoms with E-state index in [9.17, 15) is 0 Å². The molecule has 0 fully saturated rings. The van der Waals surface area contributed by atoms with Crippen LogP contribution in [0.2, 0.25) is 0 Å². The zero-order chi connectivity index (χ0) is 13.9. The van der Waals surface area contributed by atoms with Crippen LogP contribution in [-0.2, 0) is 4.74 Å². The van der Waals surface area contributed by atoms with Crippen LogP contribution < -0.4 is 11.1 Å². The van der Waals surface area contributed by atoms with Crippen LogP contribution in [-0.4, -0.2) is 54.3 Å². The van der Waals surface area contributed by atoms with Crippen molar-refractivity contribution in [2.75, 3.05) is 50.4 Å². The Morgan fingerprint density at radius 3 is 2.79 bits per heavy atom. The fourth-order valence-electron chi connectivity index (χ4n) is 1.70. The third-order valence-corrected chi connectivity index (χ3v) is 2.89. The highest BCUT2D eigenvalue weighted by molar-refractivity contribution is 5.36. The third-order valence-electron chi connectivity index (χ3n) is 2.89. The molecule has 0 radical (unpaired) electrons. The summed E-state index contributed by atoms with van der Waals surface area (Å²) in [6.07, 6.45) is 2.59. The average Bonchev–Trinajstić information content (AvgIpc) is 2.42. The molecule has 0 atom stereocenters. The molecule has 3 N–H and O–H groups in total. The Bertz CT molecular complexity index is 344. The Balaban J connectivity index is 1.99. The molecule has 0 aliphatic carbocycles. The topological polar surface area (TPSA) is 76.3 Å². The molecule has 0 saturated heterocycles. The van der Waals surface area contributed by atoms with Gasteiger partial charge in [0.25, 0.3) is 0 Å². The molecular weight excluding hydrogens is 242 g/mol. The summed E-state index contributed by atoms with van der Waals surface area (Å²) in [5, 5.41) is 3.19. The molecular formula is C13H25N5O. The van der Waals surface area contributed by atoms with Gasteiger partial charge >= 0.3 is 0 Å². The minimum Gasteiger partial charge on any atom is -0.380 e. The second kappa shape index (κ2) is 9.52. The van der Waals surface area contributed by atoms with E-state index < -0.39 is 0 Å². The molecule has 0 amide bonds. The van der Waals surface area contributed by atoms with Crippen molar-refractivity contribution in [2.24, 2.45) is 0 Å². The van der Waals surface area contributed by atoms with Crippen molar-refractivity contribution < 1.29 is 4.74 Å². The second-order valence-corrected chi connectivity index (χ2v) is 4.22. The SMILES string of the molecule is CCN(CC)CCOCCCNc1ccnc(N)n1. The van der Waals surface area contributed by atoms with Crippen LogP contribution in [0.15, 0.2) is 12.3 Å². The molecule has 0 aliphatic rings. The zero-order valence-corrected chi connectivity index (χ0v) is 11.9. The van der Waals surface area contributed by atoms with Crippen LogP contribution in [0.5, 0.6) is 0 Å². The van der Waals surface area contributed by atoms with Gasteiger partial charge in [0.2, 0.25) is 5.95 Å². The standard InChI is InChI=1S/C13H25N5O/c1-3-18(4-2)9-11-19-10-5-7-15-12-6-8-16-13(14)17-12/h6,8H,3-5,7,9-11H2,1-2H3,(H3,14,15,16,17). The van der Waals surface area contributed by atoms with Crippen molar-refractivity contribution in [3.8, 4) is 0 Å². The van der Waals surface area contributed by atoms with Crippen molar-refractivity contribution in [2.45, 2.75) is 20.3 Å². The number of ether oxygens (including phenoxy) is 1. The molecule has 1 rings (SSSR count). The molecule has 19 heavy (non-hydrogen) atoms. The molecule has 0 bridgehead atoms. The summed E-state index contributed by atoms with van der Waals surface area (Å²) in [7, 11) is 0. The van der Waals surface area contributed by atoms with Gasteiger partial charge in [-0.3, -0.25) is 0 Å². The normalized spacial score (nSPS) is 10.9. The lowest BCUT2D eigenvalue weighted by atomic mass is 10.4. The van der Waals surface area contributed by atoms with Crippen molar-refractivity contribution in [1.29, 1.82) is 0 Å². The van der Waals surface area contributed by atoms with Crippen LogP contribution in [0.4, 0.5) is 11.8 Å². The van der Waals surface area contributed by atoms with Gasteiger partial charge in [0.1, 0.15) is 5.82 Å². The van der Waals surface area contributed by atoms with Crippen molar-refractivity contribution in [3.05, 3.63) is 12.3 Å². The van der Waals surface area contributed by atoms with Gasteiger partial charge in [-0.15, -0.1) is 0 Å². The molecule has 0 unspecified atom stereocenters. The summed E-state index contributed by atoms with van der Waals surface area (Å²) in [5.41, 5.74) is 5.49. The second-order valence-electron chi connectivity index (χ2n) is 4.22. The lowest BCUT2D eigenvalue weighted by Gasteiger charge is -2.17. The molecule has 0 saturated carbocycles. The summed E-state index contributed by atoms with van der Waals surface area (Å²) in [6, 6.07) is 1.80. The highest BCUT2D eigenvalue weighted by Gasteiger charge is 1.98. The van der Waals surface area contributed by atoms with Gasteiger partial charge in [0.05, 0.1) is 6.61 Å². The molecule has 0 aromatic carbocycles. The Labute approximate surface area is 115 Å². The van der Waals surface area contributed by atoms with Crippen LogP contribution in [0.1, 0.15) is 20.3 Å². The van der Waals surface area contributed by atoms with Crippen LogP contribution in [0.25, 0.3) is 0 Å². The molecule has 6 heteroatoms. The largest absolute Gasteiger partial charge is 0.380 e. The smallest absolute Gasteiger partial charge is 0.221 e. The number of aromatic nitrogens is 2. The highest BCUT2D eigenvalue weighted by Crippen LogP contribution is 2.02. The Morgan fingerprint density at radius 2 is 2.11 bits per heavy atom. The van der Waals surface area contributed by atoms with Gasteiger partial charge in [0, 0.05) is 25.9 Å². The summed E-state index contributed by atoms with van der Waals surface area (Å²) >= 11 is 0. The first-order valence-corrected chi connectivity index (χ1v) is 6.88. The van der Waals surface area contributed by atoms with Crippen LogP contribution in [0, 0.1) is 0 Å². The number of nitrogens with one attached hydrogen (secondary N) is 1. The average molecular weight is 267 g/mol. The molecule has 0 spiro atoms. The Hall–Kier alpha value is -1.40. The van der Waals surface area contributed by atoms with Crippen molar-refractivity contribution >= 4 is 11.8 Å². The Kier molecular flexibility index (Phi) is 7.84. The number of hydrogen-bond acceptors (Lipinski definition) is 6. The maximum Gasteiger partial charge on any atom is 0.221 e. The minimum atomic E-state index is 0.292. The van der Waals surface area contributed by atoms with Crippen LogP contribution >= 0.6 is 0 Å². The number of rotatable bonds is 10. The van der Waals surface area contributed by atoms with Gasteiger partial charge in [-0.1, -0.05) is 13.8 Å². The molecule has 1 aromatic rings. The number of nitrogens with two attached hydrogens (primary N) is 1. The van der Waals surface area contributed by atoms with Gasteiger partial charge in [-0.25, -0.2) is 4.98 Å². The number of nitrogens with zero attached hydrogens (tertiary/aromatic N) is 3. The van der Waals surface area contributed by atoms with E-state index in [2.05, 4.69) is 34.0 Å². The van der Waals surface area contributed by atoms with Crippen molar-refractivity contribution in [3.63, 3.8) is 0 Å². The van der Waals surface area contributed by atoms with E-state index in [0.29, 0.717) is 5.95 Å². The predicted octanol–water partition coefficient (Wildman–Crippen LogP) is 1.22. The third kappa shape index (κ3) is 6.93. The van der Waals surface area contributed by atoms with E-state index in [4.69, 9.17) is 10.5 Å². The van der Waals surface area contributed by atoms with Gasteiger partial charge in [-0.05, 0) is 25.6 Å². The molecule has 6 nitrogen and oxygen atoms in total. The minimum absolute atomic E-state index is 0.292. The summed E-state index contributed by atoms with van der Waals surface area (Å²) < 4.78 is 5.59. The first-order chi connectivity index (χ1) is 9.26. The Morgan fingerprint density at radius 1 is 1.32 bits per heavy atom. The summed E-state index contributed by atoms with van der Waals surface area (Å²) in [4.78, 5) is 10.2. The predicted molar refractivity (Wildman–Crippen MR) is 78.2 cm³/mol. The van der Waals surface area contributed by atoms with E-state index in [0.717, 1.165) is 51.6 Å². The van der Waals surface area contributed by atoms with Crippen molar-refractivity contribution in [1.82, 2.24) is 14.9 Å². The molecule has 0 aliphatic heterocycles. The van der Waals surface area contributed by atoms with E-state index in [1.807, 2.05) is 0 Å². The number of nitrogen functional groups attached to an aromatic ring is 1. The lowest BCUT2D eigenvalue weighted by Crippen LogP contribution is -2.27. The summed E-state index contributed by atoms with van der Waals surface area (Å²) in [5.74, 6) is 1.05. The number of likely N-dealkylation sites (N-methyl/N-ethyl adjacent to an activating group) is 1. The maximum atomic E-state index is 5.59. The van der Waals surface area contributed by atoms with E-state index in [1.165, 1.54) is 0 Å². The lowest BCUT2D eigenvalue weighted by molar-refractivity contribution is 0.107. The maximum absolute atomic E-state index is 5.59. The van der Waals surface area contributed by atoms with E-state index >= 15 is 0 Å². The van der Waals surface area contributed by atoms with Gasteiger partial charge in [0.15, 0.2) is 0 Å². The fourth-order valence-corrected chi connectivity index (χ4v) is 1.70. The first kappa shape index (κ1) is 15.7. The summed E-state index contributed by atoms with van der Waals surface area (Å²) in [6.45, 7) is 9.87. The molecule has 108 valence electrons. The fraction of sp³-hybridized carbons (Fsp3) is 0.692. The number of hydrogen-bond donors (Lipinski definition) is 2. The molecule has 1 aromatic heterocycles. The quantitative estimate of drug-likeness (QED) is 0.621. The van der Waals surface area contributed by atoms with Gasteiger partial charge < -0.3 is 20.7 Å². The highest BCUT2D eigenvalue weighted by atomic mass is 16.5. The van der Waals surface area contributed by atoms with E-state index in [-0.39, 0.29) is 0 Å². The van der Waals surface area contributed by atoms with Crippen LogP contribution in [0.3, 0.4) is 0 Å². The number of anilines is 2. The zero-order valence-electron chi connectivity index (χ0n) is 11.9.